The molecular formula is C13H12ClNO3. The van der Waals surface area contributed by atoms with Crippen LogP contribution in [0.15, 0.2) is 18.2 Å². The van der Waals surface area contributed by atoms with Crippen LogP contribution in [0.25, 0.3) is 0 Å². The van der Waals surface area contributed by atoms with E-state index in [0.717, 1.165) is 11.3 Å². The summed E-state index contributed by atoms with van der Waals surface area (Å²) in [4.78, 5) is 25.6. The Balaban J connectivity index is 2.12. The quantitative estimate of drug-likeness (QED) is 0.727. The fourth-order valence-corrected chi connectivity index (χ4v) is 3.08. The molecule has 1 spiro atoms. The summed E-state index contributed by atoms with van der Waals surface area (Å²) in [6.45, 7) is 0. The number of halogens is 1. The van der Waals surface area contributed by atoms with Crippen LogP contribution in [-0.4, -0.2) is 26.0 Å². The number of hydrogen-bond donors (Lipinski definition) is 0. The Morgan fingerprint density at radius 1 is 1.56 bits per heavy atom. The number of ether oxygens (including phenoxy) is 1. The van der Waals surface area contributed by atoms with Crippen molar-refractivity contribution in [1.29, 1.82) is 0 Å². The van der Waals surface area contributed by atoms with Crippen LogP contribution in [0.3, 0.4) is 0 Å². The molecular weight excluding hydrogens is 254 g/mol. The molecule has 1 aromatic rings. The minimum absolute atomic E-state index is 0.0461. The van der Waals surface area contributed by atoms with Gasteiger partial charge in [-0.15, -0.1) is 0 Å². The molecule has 5 heteroatoms. The van der Waals surface area contributed by atoms with Crippen LogP contribution < -0.4 is 4.90 Å². The molecule has 3 rings (SSSR count). The minimum Gasteiger partial charge on any atom is -0.469 e. The fourth-order valence-electron chi connectivity index (χ4n) is 2.91. The van der Waals surface area contributed by atoms with Gasteiger partial charge in [0.15, 0.2) is 0 Å². The molecule has 0 N–H and O–H groups in total. The highest BCUT2D eigenvalue weighted by molar-refractivity contribution is 6.31. The molecule has 0 saturated heterocycles. The molecule has 18 heavy (non-hydrogen) atoms. The van der Waals surface area contributed by atoms with Crippen LogP contribution >= 0.6 is 11.6 Å². The third-order valence-electron chi connectivity index (χ3n) is 3.93. The van der Waals surface area contributed by atoms with Crippen LogP contribution in [0.2, 0.25) is 5.02 Å². The van der Waals surface area contributed by atoms with Gasteiger partial charge in [-0.2, -0.15) is 0 Å². The normalized spacial score (nSPS) is 28.5. The van der Waals surface area contributed by atoms with Crippen molar-refractivity contribution in [2.45, 2.75) is 11.8 Å². The second-order valence-corrected chi connectivity index (χ2v) is 5.21. The van der Waals surface area contributed by atoms with Crippen molar-refractivity contribution in [1.82, 2.24) is 0 Å². The molecule has 94 valence electrons. The van der Waals surface area contributed by atoms with Gasteiger partial charge in [0, 0.05) is 17.8 Å². The van der Waals surface area contributed by atoms with Crippen molar-refractivity contribution in [3.05, 3.63) is 28.8 Å². The molecule has 0 radical (unpaired) electrons. The van der Waals surface area contributed by atoms with E-state index in [9.17, 15) is 9.59 Å². The Morgan fingerprint density at radius 2 is 2.28 bits per heavy atom. The SMILES string of the molecule is COC(=O)C1CC12C(=O)N(C)c1ccc(Cl)cc12. The molecule has 4 nitrogen and oxygen atoms in total. The summed E-state index contributed by atoms with van der Waals surface area (Å²) in [5.74, 6) is -0.753. The minimum atomic E-state index is -0.734. The maximum Gasteiger partial charge on any atom is 0.310 e. The Kier molecular flexibility index (Phi) is 2.23. The number of rotatable bonds is 1. The van der Waals surface area contributed by atoms with Crippen molar-refractivity contribution in [2.75, 3.05) is 19.1 Å². The first-order valence-electron chi connectivity index (χ1n) is 5.68. The van der Waals surface area contributed by atoms with Crippen molar-refractivity contribution >= 4 is 29.2 Å². The van der Waals surface area contributed by atoms with E-state index in [1.807, 2.05) is 6.07 Å². The topological polar surface area (TPSA) is 46.6 Å². The van der Waals surface area contributed by atoms with Crippen LogP contribution in [0.4, 0.5) is 5.69 Å². The first-order chi connectivity index (χ1) is 8.52. The number of esters is 1. The van der Waals surface area contributed by atoms with E-state index >= 15 is 0 Å². The second-order valence-electron chi connectivity index (χ2n) is 4.78. The molecule has 1 aliphatic heterocycles. The van der Waals surface area contributed by atoms with E-state index in [0.29, 0.717) is 11.4 Å². The summed E-state index contributed by atoms with van der Waals surface area (Å²) in [5, 5.41) is 0.576. The first-order valence-corrected chi connectivity index (χ1v) is 6.06. The lowest BCUT2D eigenvalue weighted by Crippen LogP contribution is -2.31. The lowest BCUT2D eigenvalue weighted by molar-refractivity contribution is -0.143. The largest absolute Gasteiger partial charge is 0.469 e. The number of anilines is 1. The predicted molar refractivity (Wildman–Crippen MR) is 66.7 cm³/mol. The average molecular weight is 266 g/mol. The van der Waals surface area contributed by atoms with Gasteiger partial charge in [0.05, 0.1) is 18.4 Å². The average Bonchev–Trinajstić information content (AvgIpc) is 3.08. The number of fused-ring (bicyclic) bond motifs is 2. The Hall–Kier alpha value is -1.55. The molecule has 2 atom stereocenters. The van der Waals surface area contributed by atoms with E-state index in [-0.39, 0.29) is 17.8 Å². The highest BCUT2D eigenvalue weighted by Gasteiger charge is 2.69. The summed E-state index contributed by atoms with van der Waals surface area (Å²) < 4.78 is 4.75. The maximum atomic E-state index is 12.4. The standard InChI is InChI=1S/C13H12ClNO3/c1-15-10-4-3-7(14)5-8(10)13(12(15)17)6-9(13)11(16)18-2/h3-5,9H,6H2,1-2H3. The van der Waals surface area contributed by atoms with Crippen LogP contribution in [0.5, 0.6) is 0 Å². The van der Waals surface area contributed by atoms with Gasteiger partial charge < -0.3 is 9.64 Å². The van der Waals surface area contributed by atoms with Gasteiger partial charge in [0.25, 0.3) is 0 Å². The number of carbonyl (C=O) groups is 2. The molecule has 2 aliphatic rings. The van der Waals surface area contributed by atoms with Gasteiger partial charge in [-0.3, -0.25) is 9.59 Å². The zero-order chi connectivity index (χ0) is 13.1. The number of carbonyl (C=O) groups excluding carboxylic acids is 2. The summed E-state index contributed by atoms with van der Waals surface area (Å²) in [7, 11) is 3.06. The lowest BCUT2D eigenvalue weighted by atomic mass is 9.95. The van der Waals surface area contributed by atoms with Crippen molar-refractivity contribution in [3.63, 3.8) is 0 Å². The molecule has 1 fully saturated rings. The van der Waals surface area contributed by atoms with E-state index in [2.05, 4.69) is 0 Å². The summed E-state index contributed by atoms with van der Waals surface area (Å²) in [6, 6.07) is 5.34. The fraction of sp³-hybridized carbons (Fsp3) is 0.385. The van der Waals surface area contributed by atoms with Gasteiger partial charge in [-0.05, 0) is 30.2 Å². The molecule has 1 aliphatic carbocycles. The van der Waals surface area contributed by atoms with Crippen molar-refractivity contribution in [3.8, 4) is 0 Å². The Morgan fingerprint density at radius 3 is 2.94 bits per heavy atom. The second kappa shape index (κ2) is 3.48. The van der Waals surface area contributed by atoms with Crippen molar-refractivity contribution in [2.24, 2.45) is 5.92 Å². The molecule has 1 aromatic carbocycles. The summed E-state index contributed by atoms with van der Waals surface area (Å²) >= 11 is 5.99. The van der Waals surface area contributed by atoms with Crippen molar-refractivity contribution < 1.29 is 14.3 Å². The van der Waals surface area contributed by atoms with E-state index in [1.165, 1.54) is 7.11 Å². The highest BCUT2D eigenvalue weighted by atomic mass is 35.5. The highest BCUT2D eigenvalue weighted by Crippen LogP contribution is 2.62. The summed E-state index contributed by atoms with van der Waals surface area (Å²) in [6.07, 6.45) is 0.510. The molecule has 1 heterocycles. The number of methoxy groups -OCH3 is 1. The molecule has 2 unspecified atom stereocenters. The van der Waals surface area contributed by atoms with Crippen LogP contribution in [0.1, 0.15) is 12.0 Å². The smallest absolute Gasteiger partial charge is 0.310 e. The Bertz CT molecular complexity index is 571. The predicted octanol–water partition coefficient (Wildman–Crippen LogP) is 1.75. The van der Waals surface area contributed by atoms with E-state index in [1.54, 1.807) is 24.1 Å². The molecule has 0 aromatic heterocycles. The summed E-state index contributed by atoms with van der Waals surface area (Å²) in [5.41, 5.74) is 0.941. The number of hydrogen-bond acceptors (Lipinski definition) is 3. The zero-order valence-corrected chi connectivity index (χ0v) is 10.8. The third kappa shape index (κ3) is 1.21. The first kappa shape index (κ1) is 11.5. The number of nitrogens with zero attached hydrogens (tertiary/aromatic N) is 1. The molecule has 1 saturated carbocycles. The monoisotopic (exact) mass is 265 g/mol. The number of likely N-dealkylation sites (N-methyl/N-ethyl adjacent to an activating group) is 1. The zero-order valence-electron chi connectivity index (χ0n) is 10.1. The molecule has 0 bridgehead atoms. The number of amides is 1. The van der Waals surface area contributed by atoms with Gasteiger partial charge >= 0.3 is 5.97 Å². The Labute approximate surface area is 109 Å². The van der Waals surface area contributed by atoms with Crippen LogP contribution in [0, 0.1) is 5.92 Å². The number of benzene rings is 1. The third-order valence-corrected chi connectivity index (χ3v) is 4.17. The van der Waals surface area contributed by atoms with Gasteiger partial charge in [-0.25, -0.2) is 0 Å². The van der Waals surface area contributed by atoms with E-state index in [4.69, 9.17) is 16.3 Å². The van der Waals surface area contributed by atoms with E-state index < -0.39 is 5.41 Å². The van der Waals surface area contributed by atoms with Gasteiger partial charge in [0.2, 0.25) is 5.91 Å². The maximum absolute atomic E-state index is 12.4. The van der Waals surface area contributed by atoms with Crippen LogP contribution in [-0.2, 0) is 19.7 Å². The van der Waals surface area contributed by atoms with Gasteiger partial charge in [0.1, 0.15) is 0 Å². The van der Waals surface area contributed by atoms with Gasteiger partial charge in [-0.1, -0.05) is 11.6 Å². The lowest BCUT2D eigenvalue weighted by Gasteiger charge is -2.10. The molecule has 1 amide bonds.